The number of nitrogens with zero attached hydrogens (tertiary/aromatic N) is 1. The van der Waals surface area contributed by atoms with Crippen molar-refractivity contribution in [2.24, 2.45) is 0 Å². The molecule has 21 heavy (non-hydrogen) atoms. The number of rotatable bonds is 8. The number of aliphatic hydroxyl groups excluding tert-OH is 4. The maximum atomic E-state index is 11.2. The van der Waals surface area contributed by atoms with E-state index in [1.54, 1.807) is 0 Å². The highest BCUT2D eigenvalue weighted by Gasteiger charge is 2.24. The van der Waals surface area contributed by atoms with E-state index in [0.717, 1.165) is 0 Å². The van der Waals surface area contributed by atoms with E-state index in [1.165, 1.54) is 12.1 Å². The van der Waals surface area contributed by atoms with Crippen molar-refractivity contribution in [2.45, 2.75) is 18.6 Å². The maximum Gasteiger partial charge on any atom is 0.297 e. The largest absolute Gasteiger partial charge is 0.397 e. The summed E-state index contributed by atoms with van der Waals surface area (Å²) in [5.41, 5.74) is 5.69. The van der Waals surface area contributed by atoms with E-state index < -0.39 is 30.3 Å². The van der Waals surface area contributed by atoms with Crippen LogP contribution in [0.1, 0.15) is 5.56 Å². The maximum absolute atomic E-state index is 11.2. The summed E-state index contributed by atoms with van der Waals surface area (Å²) in [4.78, 5) is 10.6. The Hall–Kier alpha value is -1.94. The Bertz CT molecular complexity index is 496. The van der Waals surface area contributed by atoms with Gasteiger partial charge in [-0.15, -0.1) is 0 Å². The van der Waals surface area contributed by atoms with E-state index >= 15 is 0 Å². The quantitative estimate of drug-likeness (QED) is 0.199. The summed E-state index contributed by atoms with van der Waals surface area (Å²) < 4.78 is 0. The number of nitrogens with two attached hydrogens (primary N) is 1. The molecule has 0 spiro atoms. The molecule has 0 fully saturated rings. The molecule has 0 saturated carbocycles. The van der Waals surface area contributed by atoms with Gasteiger partial charge in [-0.2, -0.15) is 0 Å². The van der Waals surface area contributed by atoms with Gasteiger partial charge in [-0.05, 0) is 12.1 Å². The van der Waals surface area contributed by atoms with Gasteiger partial charge in [0.25, 0.3) is 5.69 Å². The van der Waals surface area contributed by atoms with Crippen LogP contribution in [0, 0.1) is 10.1 Å². The lowest BCUT2D eigenvalue weighted by atomic mass is 10.0. The highest BCUT2D eigenvalue weighted by Crippen LogP contribution is 2.34. The van der Waals surface area contributed by atoms with E-state index in [0.29, 0.717) is 0 Å². The molecule has 0 heterocycles. The zero-order valence-electron chi connectivity index (χ0n) is 11.3. The monoisotopic (exact) mass is 301 g/mol. The summed E-state index contributed by atoms with van der Waals surface area (Å²) in [5.74, 6) is 0. The minimum Gasteiger partial charge on any atom is -0.397 e. The first-order chi connectivity index (χ1) is 9.90. The zero-order valence-corrected chi connectivity index (χ0v) is 11.3. The zero-order chi connectivity index (χ0) is 16.0. The lowest BCUT2D eigenvalue weighted by Gasteiger charge is -2.15. The SMILES string of the molecule is Nc1ccc(CC(O)CO)c([N+](=O)[O-])c1NCC(O)CO. The van der Waals surface area contributed by atoms with Gasteiger partial charge in [0, 0.05) is 18.5 Å². The molecule has 1 aromatic carbocycles. The first-order valence-electron chi connectivity index (χ1n) is 6.28. The summed E-state index contributed by atoms with van der Waals surface area (Å²) in [6.45, 7) is -1.13. The fraction of sp³-hybridized carbons (Fsp3) is 0.500. The Morgan fingerprint density at radius 2 is 1.86 bits per heavy atom. The summed E-state index contributed by atoms with van der Waals surface area (Å²) in [6, 6.07) is 2.83. The predicted octanol–water partition coefficient (Wildman–Crippen LogP) is -1.16. The number of aliphatic hydroxyl groups is 4. The third-order valence-electron chi connectivity index (χ3n) is 2.87. The molecule has 1 aromatic rings. The van der Waals surface area contributed by atoms with Crippen molar-refractivity contribution >= 4 is 17.1 Å². The van der Waals surface area contributed by atoms with Crippen LogP contribution in [0.2, 0.25) is 0 Å². The fourth-order valence-electron chi connectivity index (χ4n) is 1.81. The van der Waals surface area contributed by atoms with E-state index in [1.807, 2.05) is 0 Å². The van der Waals surface area contributed by atoms with E-state index in [2.05, 4.69) is 5.32 Å². The number of hydrogen-bond acceptors (Lipinski definition) is 8. The molecule has 0 aliphatic carbocycles. The molecule has 0 bridgehead atoms. The molecule has 2 atom stereocenters. The van der Waals surface area contributed by atoms with Crippen molar-refractivity contribution in [3.63, 3.8) is 0 Å². The van der Waals surface area contributed by atoms with Gasteiger partial charge < -0.3 is 31.5 Å². The first kappa shape index (κ1) is 17.1. The molecule has 1 rings (SSSR count). The second-order valence-electron chi connectivity index (χ2n) is 4.55. The number of hydrogen-bond donors (Lipinski definition) is 6. The highest BCUT2D eigenvalue weighted by molar-refractivity contribution is 5.79. The van der Waals surface area contributed by atoms with Crippen LogP contribution in [0.3, 0.4) is 0 Å². The van der Waals surface area contributed by atoms with Crippen LogP contribution in [-0.4, -0.2) is 57.3 Å². The first-order valence-corrected chi connectivity index (χ1v) is 6.28. The molecule has 9 heteroatoms. The molecule has 9 nitrogen and oxygen atoms in total. The third kappa shape index (κ3) is 4.53. The Labute approximate surface area is 120 Å². The summed E-state index contributed by atoms with van der Waals surface area (Å²) in [7, 11) is 0. The van der Waals surface area contributed by atoms with E-state index in [-0.39, 0.29) is 35.6 Å². The average molecular weight is 301 g/mol. The molecule has 7 N–H and O–H groups in total. The number of nitro groups is 1. The topological polar surface area (TPSA) is 162 Å². The summed E-state index contributed by atoms with van der Waals surface area (Å²) >= 11 is 0. The van der Waals surface area contributed by atoms with Crippen molar-refractivity contribution in [2.75, 3.05) is 30.8 Å². The lowest BCUT2D eigenvalue weighted by molar-refractivity contribution is -0.384. The average Bonchev–Trinajstić information content (AvgIpc) is 2.46. The van der Waals surface area contributed by atoms with Gasteiger partial charge in [-0.25, -0.2) is 0 Å². The predicted molar refractivity (Wildman–Crippen MR) is 75.9 cm³/mol. The van der Waals surface area contributed by atoms with Gasteiger partial charge >= 0.3 is 0 Å². The van der Waals surface area contributed by atoms with Gasteiger partial charge in [0.2, 0.25) is 0 Å². The molecule has 0 aliphatic rings. The molecule has 0 aromatic heterocycles. The van der Waals surface area contributed by atoms with Crippen LogP contribution in [0.25, 0.3) is 0 Å². The van der Waals surface area contributed by atoms with Crippen LogP contribution >= 0.6 is 0 Å². The Morgan fingerprint density at radius 1 is 1.24 bits per heavy atom. The van der Waals surface area contributed by atoms with Gasteiger partial charge in [0.05, 0.1) is 36.0 Å². The summed E-state index contributed by atoms with van der Waals surface area (Å²) in [5, 5.41) is 50.2. The number of anilines is 2. The van der Waals surface area contributed by atoms with Gasteiger partial charge in [0.1, 0.15) is 5.69 Å². The van der Waals surface area contributed by atoms with E-state index in [9.17, 15) is 20.3 Å². The minimum atomic E-state index is -1.12. The third-order valence-corrected chi connectivity index (χ3v) is 2.87. The smallest absolute Gasteiger partial charge is 0.297 e. The molecule has 118 valence electrons. The molecule has 0 saturated heterocycles. The minimum absolute atomic E-state index is 0.00939. The number of nitro benzene ring substituents is 1. The van der Waals surface area contributed by atoms with Crippen molar-refractivity contribution in [3.8, 4) is 0 Å². The Morgan fingerprint density at radius 3 is 2.38 bits per heavy atom. The summed E-state index contributed by atoms with van der Waals surface area (Å²) in [6.07, 6.45) is -2.32. The Balaban J connectivity index is 3.14. The lowest BCUT2D eigenvalue weighted by Crippen LogP contribution is -2.24. The molecular weight excluding hydrogens is 282 g/mol. The second-order valence-corrected chi connectivity index (χ2v) is 4.55. The van der Waals surface area contributed by atoms with Crippen LogP contribution < -0.4 is 11.1 Å². The molecule has 0 aliphatic heterocycles. The van der Waals surface area contributed by atoms with E-state index in [4.69, 9.17) is 15.9 Å². The number of benzene rings is 1. The van der Waals surface area contributed by atoms with Crippen molar-refractivity contribution in [3.05, 3.63) is 27.8 Å². The number of nitrogens with one attached hydrogen (secondary N) is 1. The standard InChI is InChI=1S/C12H19N3O6/c13-10-2-1-7(3-8(18)5-16)12(15(20)21)11(10)14-4-9(19)6-17/h1-2,8-9,14,16-19H,3-6,13H2. The van der Waals surface area contributed by atoms with Crippen molar-refractivity contribution < 1.29 is 25.3 Å². The van der Waals surface area contributed by atoms with Crippen LogP contribution in [0.4, 0.5) is 17.1 Å². The van der Waals surface area contributed by atoms with Gasteiger partial charge in [-0.3, -0.25) is 10.1 Å². The van der Waals surface area contributed by atoms with Crippen molar-refractivity contribution in [1.82, 2.24) is 0 Å². The fourth-order valence-corrected chi connectivity index (χ4v) is 1.81. The molecule has 0 radical (unpaired) electrons. The molecule has 2 unspecified atom stereocenters. The van der Waals surface area contributed by atoms with Gasteiger partial charge in [0.15, 0.2) is 0 Å². The normalized spacial score (nSPS) is 13.7. The van der Waals surface area contributed by atoms with Gasteiger partial charge in [-0.1, -0.05) is 0 Å². The number of nitrogen functional groups attached to an aromatic ring is 1. The van der Waals surface area contributed by atoms with Crippen molar-refractivity contribution in [1.29, 1.82) is 0 Å². The molecule has 0 amide bonds. The van der Waals surface area contributed by atoms with Crippen LogP contribution in [0.5, 0.6) is 0 Å². The molecular formula is C12H19N3O6. The van der Waals surface area contributed by atoms with Crippen LogP contribution in [-0.2, 0) is 6.42 Å². The van der Waals surface area contributed by atoms with Crippen LogP contribution in [0.15, 0.2) is 12.1 Å². The second kappa shape index (κ2) is 7.74. The Kier molecular flexibility index (Phi) is 6.31. The highest BCUT2D eigenvalue weighted by atomic mass is 16.6.